The maximum atomic E-state index is 13.7. The van der Waals surface area contributed by atoms with Crippen LogP contribution in [-0.2, 0) is 33.4 Å². The quantitative estimate of drug-likeness (QED) is 0.258. The highest BCUT2D eigenvalue weighted by Gasteiger charge is 2.68. The van der Waals surface area contributed by atoms with E-state index in [1.807, 2.05) is 13.0 Å². The number of ketones is 2. The van der Waals surface area contributed by atoms with Gasteiger partial charge in [-0.2, -0.15) is 0 Å². The van der Waals surface area contributed by atoms with Gasteiger partial charge in [-0.3, -0.25) is 14.4 Å². The van der Waals surface area contributed by atoms with Crippen LogP contribution in [0.1, 0.15) is 100 Å². The molecule has 0 saturated heterocycles. The molecule has 1 unspecified atom stereocenters. The number of Topliss-reactive ketones (excluding diaryl/α,β-unsaturated/α-hetero) is 1. The van der Waals surface area contributed by atoms with Crippen molar-refractivity contribution in [3.05, 3.63) is 23.8 Å². The summed E-state index contributed by atoms with van der Waals surface area (Å²) in [7, 11) is 0. The Labute approximate surface area is 271 Å². The van der Waals surface area contributed by atoms with Crippen molar-refractivity contribution >= 4 is 29.6 Å². The lowest BCUT2D eigenvalue weighted by molar-refractivity contribution is -0.181. The van der Waals surface area contributed by atoms with Crippen molar-refractivity contribution in [1.29, 1.82) is 0 Å². The highest BCUT2D eigenvalue weighted by atomic mass is 16.6. The van der Waals surface area contributed by atoms with Crippen LogP contribution in [0.5, 0.6) is 0 Å². The molecule has 0 heterocycles. The lowest BCUT2D eigenvalue weighted by atomic mass is 9.46. The number of aliphatic hydroxyl groups excluding tert-OH is 1. The number of allylic oxidation sites excluding steroid dienone is 4. The molecule has 0 aliphatic heterocycles. The van der Waals surface area contributed by atoms with E-state index in [9.17, 15) is 34.2 Å². The molecule has 0 radical (unpaired) electrons. The molecule has 4 rings (SSSR count). The van der Waals surface area contributed by atoms with Gasteiger partial charge in [-0.05, 0) is 104 Å². The molecule has 0 spiro atoms. The number of nitrogens with one attached hydrogen (secondary N) is 1. The van der Waals surface area contributed by atoms with Crippen molar-refractivity contribution in [2.75, 3.05) is 6.61 Å². The second-order valence-corrected chi connectivity index (χ2v) is 16.0. The predicted molar refractivity (Wildman–Crippen MR) is 167 cm³/mol. The zero-order chi connectivity index (χ0) is 34.5. The Morgan fingerprint density at radius 1 is 1.04 bits per heavy atom. The summed E-state index contributed by atoms with van der Waals surface area (Å²) in [5.41, 5.74) is -3.86. The molecule has 1 amide bonds. The maximum Gasteiger partial charge on any atom is 0.408 e. The minimum atomic E-state index is -1.84. The molecule has 0 aromatic rings. The molecule has 0 aromatic heterocycles. The Morgan fingerprint density at radius 3 is 2.33 bits per heavy atom. The van der Waals surface area contributed by atoms with E-state index in [1.165, 1.54) is 0 Å². The van der Waals surface area contributed by atoms with Crippen molar-refractivity contribution in [2.45, 2.75) is 129 Å². The first-order valence-electron chi connectivity index (χ1n) is 16.4. The Morgan fingerprint density at radius 2 is 1.70 bits per heavy atom. The predicted octanol–water partition coefficient (Wildman–Crippen LogP) is 4.12. The van der Waals surface area contributed by atoms with E-state index in [0.717, 1.165) is 12.0 Å². The summed E-state index contributed by atoms with van der Waals surface area (Å²) < 4.78 is 16.0. The average molecular weight is 646 g/mol. The maximum absolute atomic E-state index is 13.7. The number of alkyl carbamates (subject to hydrolysis) is 1. The average Bonchev–Trinajstić information content (AvgIpc) is 3.18. The number of ether oxygens (including phenoxy) is 3. The Balaban J connectivity index is 1.46. The van der Waals surface area contributed by atoms with Crippen molar-refractivity contribution in [1.82, 2.24) is 5.32 Å². The Kier molecular flexibility index (Phi) is 9.75. The fourth-order valence-corrected chi connectivity index (χ4v) is 8.50. The van der Waals surface area contributed by atoms with Gasteiger partial charge in [-0.1, -0.05) is 25.5 Å². The number of aliphatic hydroxyl groups is 2. The molecule has 0 bridgehead atoms. The molecule has 3 N–H and O–H groups in total. The zero-order valence-electron chi connectivity index (χ0n) is 28.4. The van der Waals surface area contributed by atoms with Gasteiger partial charge in [-0.15, -0.1) is 0 Å². The minimum absolute atomic E-state index is 0.0217. The summed E-state index contributed by atoms with van der Waals surface area (Å²) in [5.74, 6) is -2.45. The number of hydrogen-bond donors (Lipinski definition) is 3. The fourth-order valence-electron chi connectivity index (χ4n) is 8.50. The van der Waals surface area contributed by atoms with E-state index in [0.29, 0.717) is 12.8 Å². The third kappa shape index (κ3) is 7.10. The molecule has 11 nitrogen and oxygen atoms in total. The summed E-state index contributed by atoms with van der Waals surface area (Å²) in [5, 5.41) is 26.0. The second kappa shape index (κ2) is 12.5. The molecule has 4 aliphatic carbocycles. The van der Waals surface area contributed by atoms with E-state index in [4.69, 9.17) is 14.2 Å². The van der Waals surface area contributed by atoms with Gasteiger partial charge in [0.15, 0.2) is 12.4 Å². The van der Waals surface area contributed by atoms with Gasteiger partial charge in [0.05, 0.1) is 6.10 Å². The van der Waals surface area contributed by atoms with Gasteiger partial charge in [-0.25, -0.2) is 9.59 Å². The van der Waals surface area contributed by atoms with Crippen molar-refractivity contribution in [3.63, 3.8) is 0 Å². The molecule has 3 saturated carbocycles. The smallest absolute Gasteiger partial charge is 0.408 e. The van der Waals surface area contributed by atoms with Crippen LogP contribution in [0.15, 0.2) is 23.8 Å². The number of carbonyl (C=O) groups excluding carboxylic acids is 5. The number of rotatable bonds is 8. The molecular weight excluding hydrogens is 594 g/mol. The highest BCUT2D eigenvalue weighted by molar-refractivity contribution is 6.01. The van der Waals surface area contributed by atoms with Crippen molar-refractivity contribution in [3.8, 4) is 0 Å². The first-order valence-corrected chi connectivity index (χ1v) is 16.4. The first kappa shape index (κ1) is 35.8. The summed E-state index contributed by atoms with van der Waals surface area (Å²) in [6, 6.07) is -1.31. The summed E-state index contributed by atoms with van der Waals surface area (Å²) in [4.78, 5) is 63.9. The first-order chi connectivity index (χ1) is 21.1. The van der Waals surface area contributed by atoms with Gasteiger partial charge in [0, 0.05) is 23.2 Å². The molecule has 11 heteroatoms. The number of amides is 1. The van der Waals surface area contributed by atoms with Crippen LogP contribution in [0.25, 0.3) is 0 Å². The molecule has 256 valence electrons. The monoisotopic (exact) mass is 645 g/mol. The van der Waals surface area contributed by atoms with E-state index < -0.39 is 70.2 Å². The highest BCUT2D eigenvalue weighted by Crippen LogP contribution is 2.67. The number of esters is 2. The molecule has 8 atom stereocenters. The standard InChI is InChI=1S/C35H51NO10/c1-31(2,3)45-27(40)12-11-24(36-30(42)46-32(4,5)6)29(41)44-19-26(39)35(43)16-14-23-22-10-9-20-17-21(37)13-15-33(20,7)28(22)25(38)18-34(23,35)8/h13,15,17,22-25,28,38,43H,9-12,14,16,18-19H2,1-8H3,(H,36,42)/t22-,23-,24?,25-,28+,33-,34-,35-/m0/s1. The van der Waals surface area contributed by atoms with Gasteiger partial charge in [0.2, 0.25) is 5.78 Å². The normalized spacial score (nSPS) is 34.3. The number of hydrogen-bond acceptors (Lipinski definition) is 10. The van der Waals surface area contributed by atoms with Crippen LogP contribution in [0, 0.1) is 28.6 Å². The molecule has 4 aliphatic rings. The van der Waals surface area contributed by atoms with E-state index in [1.54, 1.807) is 53.7 Å². The molecular formula is C35H51NO10. The number of carbonyl (C=O) groups is 5. The molecule has 3 fully saturated rings. The Hall–Kier alpha value is -3.05. The largest absolute Gasteiger partial charge is 0.460 e. The summed E-state index contributed by atoms with van der Waals surface area (Å²) in [6.45, 7) is 13.3. The van der Waals surface area contributed by atoms with Crippen molar-refractivity contribution in [2.24, 2.45) is 28.6 Å². The number of fused-ring (bicyclic) bond motifs is 5. The fraction of sp³-hybridized carbons (Fsp3) is 0.743. The van der Waals surface area contributed by atoms with Gasteiger partial charge in [0.1, 0.15) is 22.8 Å². The third-order valence-electron chi connectivity index (χ3n) is 10.5. The SMILES string of the molecule is CC(C)(C)OC(=O)CCC(NC(=O)OC(C)(C)C)C(=O)OCC(=O)[C@@]1(O)CC[C@H]2[C@@H]3CCC4=CC(=O)C=C[C@]4(C)[C@H]3[C@@H](O)C[C@@]21C. The van der Waals surface area contributed by atoms with Crippen molar-refractivity contribution < 1.29 is 48.4 Å². The summed E-state index contributed by atoms with van der Waals surface area (Å²) in [6.07, 6.45) is 5.41. The topological polar surface area (TPSA) is 166 Å². The van der Waals surface area contributed by atoms with Crippen LogP contribution in [0.2, 0.25) is 0 Å². The van der Waals surface area contributed by atoms with Crippen LogP contribution >= 0.6 is 0 Å². The van der Waals surface area contributed by atoms with E-state index in [-0.39, 0.29) is 49.2 Å². The van der Waals surface area contributed by atoms with Crippen LogP contribution in [-0.4, -0.2) is 75.4 Å². The second-order valence-electron chi connectivity index (χ2n) is 16.0. The van der Waals surface area contributed by atoms with Gasteiger partial charge in [0.25, 0.3) is 0 Å². The van der Waals surface area contributed by atoms with Crippen LogP contribution in [0.4, 0.5) is 4.79 Å². The van der Waals surface area contributed by atoms with Gasteiger partial charge >= 0.3 is 18.0 Å². The minimum Gasteiger partial charge on any atom is -0.460 e. The molecule has 0 aromatic carbocycles. The van der Waals surface area contributed by atoms with Gasteiger partial charge < -0.3 is 29.7 Å². The lowest BCUT2D eigenvalue weighted by Gasteiger charge is -2.59. The van der Waals surface area contributed by atoms with E-state index >= 15 is 0 Å². The lowest BCUT2D eigenvalue weighted by Crippen LogP contribution is -2.61. The van der Waals surface area contributed by atoms with Crippen LogP contribution < -0.4 is 5.32 Å². The summed E-state index contributed by atoms with van der Waals surface area (Å²) >= 11 is 0. The van der Waals surface area contributed by atoms with Crippen LogP contribution in [0.3, 0.4) is 0 Å². The third-order valence-corrected chi connectivity index (χ3v) is 10.5. The zero-order valence-corrected chi connectivity index (χ0v) is 28.4. The van der Waals surface area contributed by atoms with E-state index in [2.05, 4.69) is 12.2 Å². The molecule has 46 heavy (non-hydrogen) atoms. The Bertz CT molecular complexity index is 1320.